The molecule has 7 nitrogen and oxygen atoms in total. The lowest BCUT2D eigenvalue weighted by Gasteiger charge is -2.25. The second-order valence-electron chi connectivity index (χ2n) is 4.63. The number of hydrogen-bond acceptors (Lipinski definition) is 5. The Balaban J connectivity index is 2.41. The number of aliphatic carboxylic acids is 1. The number of benzene rings is 2. The number of phenolic OH excluding ortho intramolecular Hbond substituents is 1. The molecule has 1 unspecified atom stereocenters. The topological polar surface area (TPSA) is 104 Å². The predicted octanol–water partition coefficient (Wildman–Crippen LogP) is 2.09. The van der Waals surface area contributed by atoms with Gasteiger partial charge in [-0.15, -0.1) is 0 Å². The fourth-order valence-electron chi connectivity index (χ4n) is 2.08. The Morgan fingerprint density at radius 2 is 1.73 bits per heavy atom. The van der Waals surface area contributed by atoms with Crippen molar-refractivity contribution in [3.05, 3.63) is 70.3 Å². The summed E-state index contributed by atoms with van der Waals surface area (Å²) < 4.78 is 0. The van der Waals surface area contributed by atoms with E-state index >= 15 is 0 Å². The zero-order chi connectivity index (χ0) is 16.1. The van der Waals surface area contributed by atoms with Gasteiger partial charge in [0.25, 0.3) is 0 Å². The molecule has 0 radical (unpaired) electrons. The Hall–Kier alpha value is -3.09. The normalized spacial score (nSPS) is 11.6. The Morgan fingerprint density at radius 3 is 2.23 bits per heavy atom. The molecule has 0 fully saturated rings. The zero-order valence-electron chi connectivity index (χ0n) is 11.5. The second kappa shape index (κ2) is 6.57. The van der Waals surface area contributed by atoms with Crippen LogP contribution in [0.5, 0.6) is 5.75 Å². The van der Waals surface area contributed by atoms with Gasteiger partial charge in [0.2, 0.25) is 0 Å². The van der Waals surface area contributed by atoms with Crippen LogP contribution in [0.3, 0.4) is 0 Å². The van der Waals surface area contributed by atoms with Crippen LogP contribution in [0.2, 0.25) is 0 Å². The van der Waals surface area contributed by atoms with E-state index in [1.54, 1.807) is 30.3 Å². The minimum atomic E-state index is -1.91. The van der Waals surface area contributed by atoms with Crippen LogP contribution in [-0.2, 0) is 11.3 Å². The van der Waals surface area contributed by atoms with E-state index in [4.69, 9.17) is 0 Å². The molecule has 2 aromatic carbocycles. The molecule has 114 valence electrons. The van der Waals surface area contributed by atoms with Gasteiger partial charge in [0.15, 0.2) is 0 Å². The number of hydrogen-bond donors (Lipinski definition) is 2. The number of aromatic hydroxyl groups is 1. The Morgan fingerprint density at radius 1 is 1.14 bits per heavy atom. The Kier molecular flexibility index (Phi) is 4.57. The number of nitro groups is 1. The number of carboxylic acid groups (broad SMARTS) is 1. The van der Waals surface area contributed by atoms with Gasteiger partial charge in [0.1, 0.15) is 5.75 Å². The van der Waals surface area contributed by atoms with E-state index in [1.165, 1.54) is 24.3 Å². The minimum Gasteiger partial charge on any atom is -0.508 e. The van der Waals surface area contributed by atoms with Crippen LogP contribution < -0.4 is 4.90 Å². The van der Waals surface area contributed by atoms with Gasteiger partial charge < -0.3 is 10.2 Å². The van der Waals surface area contributed by atoms with Crippen LogP contribution in [0.25, 0.3) is 0 Å². The second-order valence-corrected chi connectivity index (χ2v) is 4.63. The maximum Gasteiger partial charge on any atom is 0.402 e. The number of rotatable bonds is 6. The molecule has 0 amide bonds. The number of carboxylic acids is 1. The third kappa shape index (κ3) is 3.51. The highest BCUT2D eigenvalue weighted by Crippen LogP contribution is 2.23. The summed E-state index contributed by atoms with van der Waals surface area (Å²) in [4.78, 5) is 22.7. The summed E-state index contributed by atoms with van der Waals surface area (Å²) in [6.45, 7) is 0.0591. The van der Waals surface area contributed by atoms with E-state index < -0.39 is 17.1 Å². The van der Waals surface area contributed by atoms with Gasteiger partial charge in [-0.2, -0.15) is 0 Å². The fraction of sp³-hybridized carbons (Fsp3) is 0.133. The molecule has 0 aliphatic carbocycles. The summed E-state index contributed by atoms with van der Waals surface area (Å²) >= 11 is 0. The van der Waals surface area contributed by atoms with Gasteiger partial charge in [-0.1, -0.05) is 30.3 Å². The van der Waals surface area contributed by atoms with Gasteiger partial charge >= 0.3 is 12.1 Å². The summed E-state index contributed by atoms with van der Waals surface area (Å²) in [7, 11) is 0. The molecule has 2 aromatic rings. The van der Waals surface area contributed by atoms with Crippen molar-refractivity contribution in [2.24, 2.45) is 0 Å². The van der Waals surface area contributed by atoms with Crippen molar-refractivity contribution in [2.75, 3.05) is 4.90 Å². The van der Waals surface area contributed by atoms with Crippen LogP contribution >= 0.6 is 0 Å². The Bertz CT molecular complexity index is 643. The molecule has 0 aromatic heterocycles. The van der Waals surface area contributed by atoms with Crippen molar-refractivity contribution >= 4 is 11.7 Å². The van der Waals surface area contributed by atoms with E-state index in [2.05, 4.69) is 0 Å². The van der Waals surface area contributed by atoms with E-state index in [9.17, 15) is 25.1 Å². The van der Waals surface area contributed by atoms with Crippen LogP contribution in [0.1, 0.15) is 5.56 Å². The molecule has 22 heavy (non-hydrogen) atoms. The predicted molar refractivity (Wildman–Crippen MR) is 79.2 cm³/mol. The molecule has 2 N–H and O–H groups in total. The van der Waals surface area contributed by atoms with E-state index in [0.717, 1.165) is 10.5 Å². The highest BCUT2D eigenvalue weighted by molar-refractivity contribution is 5.76. The molecule has 0 aliphatic heterocycles. The summed E-state index contributed by atoms with van der Waals surface area (Å²) in [5.74, 6) is -1.55. The molecule has 2 rings (SSSR count). The fourth-order valence-corrected chi connectivity index (χ4v) is 2.08. The smallest absolute Gasteiger partial charge is 0.402 e. The van der Waals surface area contributed by atoms with Crippen molar-refractivity contribution in [3.8, 4) is 5.75 Å². The van der Waals surface area contributed by atoms with Crippen LogP contribution in [-0.4, -0.2) is 27.3 Å². The van der Waals surface area contributed by atoms with Crippen molar-refractivity contribution in [1.29, 1.82) is 0 Å². The lowest BCUT2D eigenvalue weighted by Crippen LogP contribution is -2.46. The average Bonchev–Trinajstić information content (AvgIpc) is 2.47. The maximum absolute atomic E-state index is 11.3. The van der Waals surface area contributed by atoms with Gasteiger partial charge in [0, 0.05) is 12.2 Å². The molecular weight excluding hydrogens is 288 g/mol. The summed E-state index contributed by atoms with van der Waals surface area (Å²) in [5.41, 5.74) is 1.08. The lowest BCUT2D eigenvalue weighted by atomic mass is 10.1. The van der Waals surface area contributed by atoms with Crippen LogP contribution in [0, 0.1) is 10.1 Å². The van der Waals surface area contributed by atoms with Gasteiger partial charge in [-0.05, 0) is 29.8 Å². The van der Waals surface area contributed by atoms with Crippen LogP contribution in [0.15, 0.2) is 54.6 Å². The van der Waals surface area contributed by atoms with Gasteiger partial charge in [-0.25, -0.2) is 4.79 Å². The quantitative estimate of drug-likeness (QED) is 0.481. The molecule has 0 aliphatic rings. The molecule has 0 saturated heterocycles. The third-order valence-electron chi connectivity index (χ3n) is 3.09. The van der Waals surface area contributed by atoms with Crippen LogP contribution in [0.4, 0.5) is 5.69 Å². The zero-order valence-corrected chi connectivity index (χ0v) is 11.5. The standard InChI is InChI=1S/C15H14N2O5/c18-13-8-6-12(7-9-13)16(14(15(19)20)17(21)22)10-11-4-2-1-3-5-11/h1-9,14,18H,10H2,(H,19,20). The average molecular weight is 302 g/mol. The van der Waals surface area contributed by atoms with Gasteiger partial charge in [-0.3, -0.25) is 15.0 Å². The summed E-state index contributed by atoms with van der Waals surface area (Å²) in [5, 5.41) is 29.6. The summed E-state index contributed by atoms with van der Waals surface area (Å²) in [6.07, 6.45) is -1.91. The molecule has 0 saturated carbocycles. The van der Waals surface area contributed by atoms with Crippen molar-refractivity contribution in [1.82, 2.24) is 0 Å². The van der Waals surface area contributed by atoms with Crippen molar-refractivity contribution in [2.45, 2.75) is 12.7 Å². The van der Waals surface area contributed by atoms with E-state index in [0.29, 0.717) is 5.69 Å². The molecule has 0 heterocycles. The SMILES string of the molecule is O=C(O)C(N(Cc1ccccc1)c1ccc(O)cc1)[N+](=O)[O-]. The number of nitrogens with zero attached hydrogens (tertiary/aromatic N) is 2. The Labute approximate surface area is 126 Å². The largest absolute Gasteiger partial charge is 0.508 e. The third-order valence-corrected chi connectivity index (χ3v) is 3.09. The number of carbonyl (C=O) groups is 1. The molecular formula is C15H14N2O5. The van der Waals surface area contributed by atoms with Crippen molar-refractivity contribution < 1.29 is 19.9 Å². The lowest BCUT2D eigenvalue weighted by molar-refractivity contribution is -0.509. The number of phenols is 1. The first kappa shape index (κ1) is 15.3. The highest BCUT2D eigenvalue weighted by Gasteiger charge is 2.36. The van der Waals surface area contributed by atoms with Gasteiger partial charge in [0.05, 0.1) is 4.92 Å². The summed E-state index contributed by atoms with van der Waals surface area (Å²) in [6, 6.07) is 14.4. The maximum atomic E-state index is 11.3. The molecule has 7 heteroatoms. The first-order valence-electron chi connectivity index (χ1n) is 6.45. The number of anilines is 1. The highest BCUT2D eigenvalue weighted by atomic mass is 16.6. The first-order chi connectivity index (χ1) is 10.5. The van der Waals surface area contributed by atoms with Crippen molar-refractivity contribution in [3.63, 3.8) is 0 Å². The molecule has 0 spiro atoms. The monoisotopic (exact) mass is 302 g/mol. The molecule has 1 atom stereocenters. The molecule has 0 bridgehead atoms. The van der Waals surface area contributed by atoms with E-state index in [1.807, 2.05) is 0 Å². The first-order valence-corrected chi connectivity index (χ1v) is 6.45. The minimum absolute atomic E-state index is 0.00334. The van der Waals surface area contributed by atoms with E-state index in [-0.39, 0.29) is 12.3 Å².